The van der Waals surface area contributed by atoms with Crippen LogP contribution in [0.15, 0.2) is 42.5 Å². The van der Waals surface area contributed by atoms with Gasteiger partial charge in [0.1, 0.15) is 11.6 Å². The molecule has 0 aliphatic heterocycles. The summed E-state index contributed by atoms with van der Waals surface area (Å²) in [4.78, 5) is 29.4. The number of benzene rings is 2. The van der Waals surface area contributed by atoms with Crippen molar-refractivity contribution in [2.75, 3.05) is 18.5 Å². The number of nitrogens with zero attached hydrogens (tertiary/aromatic N) is 2. The molecule has 0 atom stereocenters. The molecule has 0 spiro atoms. The molecule has 144 valence electrons. The van der Waals surface area contributed by atoms with Gasteiger partial charge in [-0.3, -0.25) is 10.2 Å². The Balaban J connectivity index is 1.74. The molecule has 1 aromatic heterocycles. The quantitative estimate of drug-likeness (QED) is 0.241. The number of nitrogens with one attached hydrogen (secondary N) is 1. The van der Waals surface area contributed by atoms with Crippen LogP contribution < -0.4 is 15.4 Å². The highest BCUT2D eigenvalue weighted by Crippen LogP contribution is 2.29. The predicted molar refractivity (Wildman–Crippen MR) is 108 cm³/mol. The van der Waals surface area contributed by atoms with E-state index < -0.39 is 11.9 Å². The van der Waals surface area contributed by atoms with Crippen molar-refractivity contribution in [2.24, 2.45) is 5.73 Å². The van der Waals surface area contributed by atoms with Crippen molar-refractivity contribution in [1.29, 1.82) is 5.41 Å². The third-order valence-corrected chi connectivity index (χ3v) is 5.11. The Morgan fingerprint density at radius 2 is 1.89 bits per heavy atom. The summed E-state index contributed by atoms with van der Waals surface area (Å²) in [5.74, 6) is -1.08. The fourth-order valence-electron chi connectivity index (χ4n) is 2.43. The van der Waals surface area contributed by atoms with Crippen molar-refractivity contribution in [3.8, 4) is 5.75 Å². The fourth-order valence-corrected chi connectivity index (χ4v) is 3.42. The Hall–Kier alpha value is -3.46. The van der Waals surface area contributed by atoms with Gasteiger partial charge in [-0.25, -0.2) is 9.78 Å². The van der Waals surface area contributed by atoms with Gasteiger partial charge in [-0.1, -0.05) is 11.3 Å². The van der Waals surface area contributed by atoms with E-state index in [-0.39, 0.29) is 12.3 Å². The van der Waals surface area contributed by atoms with E-state index in [4.69, 9.17) is 21.0 Å². The number of ether oxygens (including phenoxy) is 1. The van der Waals surface area contributed by atoms with E-state index in [2.05, 4.69) is 4.98 Å². The maximum absolute atomic E-state index is 12.4. The standard InChI is InChI=1S/C19H18N4O4S/c1-23(9-8-16(24)25)19-22-14-7-4-12(10-15(14)28-19)18(26)27-13-5-2-11(3-6-13)17(20)21/h2-7,10H,8-9H2,1H3,(H3,20,21)(H,24,25). The lowest BCUT2D eigenvalue weighted by molar-refractivity contribution is -0.136. The first kappa shape index (κ1) is 19.3. The largest absolute Gasteiger partial charge is 0.481 e. The van der Waals surface area contributed by atoms with Gasteiger partial charge >= 0.3 is 11.9 Å². The molecule has 0 unspecified atom stereocenters. The zero-order valence-electron chi connectivity index (χ0n) is 15.0. The van der Waals surface area contributed by atoms with Crippen molar-refractivity contribution in [3.63, 3.8) is 0 Å². The number of aromatic nitrogens is 1. The maximum Gasteiger partial charge on any atom is 0.343 e. The number of nitrogen functional groups attached to an aromatic ring is 1. The third kappa shape index (κ3) is 4.44. The second-order valence-electron chi connectivity index (χ2n) is 6.07. The van der Waals surface area contributed by atoms with E-state index in [1.807, 2.05) is 0 Å². The molecule has 0 fully saturated rings. The number of carbonyl (C=O) groups excluding carboxylic acids is 1. The number of carboxylic acids is 1. The molecule has 1 heterocycles. The summed E-state index contributed by atoms with van der Waals surface area (Å²) in [5, 5.41) is 16.9. The molecule has 0 aliphatic carbocycles. The van der Waals surface area contributed by atoms with Crippen LogP contribution in [0.4, 0.5) is 5.13 Å². The third-order valence-electron chi connectivity index (χ3n) is 3.98. The monoisotopic (exact) mass is 398 g/mol. The number of nitrogens with two attached hydrogens (primary N) is 1. The van der Waals surface area contributed by atoms with Gasteiger partial charge < -0.3 is 20.5 Å². The van der Waals surface area contributed by atoms with Gasteiger partial charge in [-0.2, -0.15) is 0 Å². The Labute approximate surface area is 164 Å². The summed E-state index contributed by atoms with van der Waals surface area (Å²) >= 11 is 1.38. The second kappa shape index (κ2) is 8.05. The smallest absolute Gasteiger partial charge is 0.343 e. The Morgan fingerprint density at radius 1 is 1.21 bits per heavy atom. The summed E-state index contributed by atoms with van der Waals surface area (Å²) in [6.07, 6.45) is 0.0203. The van der Waals surface area contributed by atoms with Crippen LogP contribution in [0.5, 0.6) is 5.75 Å². The minimum absolute atomic E-state index is 0.0203. The lowest BCUT2D eigenvalue weighted by Crippen LogP contribution is -2.20. The van der Waals surface area contributed by atoms with Gasteiger partial charge in [0.15, 0.2) is 5.13 Å². The molecule has 28 heavy (non-hydrogen) atoms. The van der Waals surface area contributed by atoms with Crippen molar-refractivity contribution in [3.05, 3.63) is 53.6 Å². The number of anilines is 1. The number of aliphatic carboxylic acids is 1. The number of thiazole rings is 1. The molecule has 0 aliphatic rings. The van der Waals surface area contributed by atoms with Gasteiger partial charge in [0.05, 0.1) is 22.2 Å². The number of esters is 1. The number of rotatable bonds is 7. The number of hydrogen-bond acceptors (Lipinski definition) is 7. The molecule has 3 aromatic rings. The highest BCUT2D eigenvalue weighted by atomic mass is 32.1. The lowest BCUT2D eigenvalue weighted by Gasteiger charge is -2.13. The zero-order valence-corrected chi connectivity index (χ0v) is 15.8. The fraction of sp³-hybridized carbons (Fsp3) is 0.158. The topological polar surface area (TPSA) is 130 Å². The van der Waals surface area contributed by atoms with Gasteiger partial charge in [0.25, 0.3) is 0 Å². The predicted octanol–water partition coefficient (Wildman–Crippen LogP) is 2.71. The number of carbonyl (C=O) groups is 2. The molecule has 0 amide bonds. The van der Waals surface area contributed by atoms with Crippen LogP contribution in [0.25, 0.3) is 10.2 Å². The van der Waals surface area contributed by atoms with E-state index >= 15 is 0 Å². The first-order valence-electron chi connectivity index (χ1n) is 8.33. The summed E-state index contributed by atoms with van der Waals surface area (Å²) < 4.78 is 6.17. The Kier molecular flexibility index (Phi) is 5.55. The van der Waals surface area contributed by atoms with Gasteiger partial charge in [0.2, 0.25) is 0 Å². The van der Waals surface area contributed by atoms with Gasteiger partial charge in [0, 0.05) is 19.2 Å². The van der Waals surface area contributed by atoms with Crippen molar-refractivity contribution in [2.45, 2.75) is 6.42 Å². The van der Waals surface area contributed by atoms with Crippen molar-refractivity contribution in [1.82, 2.24) is 4.98 Å². The average Bonchev–Trinajstić information content (AvgIpc) is 3.09. The van der Waals surface area contributed by atoms with Crippen LogP contribution in [0.3, 0.4) is 0 Å². The molecule has 0 radical (unpaired) electrons. The molecule has 0 saturated heterocycles. The minimum Gasteiger partial charge on any atom is -0.481 e. The summed E-state index contributed by atoms with van der Waals surface area (Å²) in [5.41, 5.74) is 7.06. The number of fused-ring (bicyclic) bond motifs is 1. The van der Waals surface area contributed by atoms with E-state index in [0.717, 1.165) is 10.2 Å². The van der Waals surface area contributed by atoms with Crippen LogP contribution in [-0.4, -0.2) is 41.5 Å². The summed E-state index contributed by atoms with van der Waals surface area (Å²) in [6.45, 7) is 0.348. The van der Waals surface area contributed by atoms with E-state index in [0.29, 0.717) is 28.6 Å². The molecule has 0 saturated carbocycles. The highest BCUT2D eigenvalue weighted by molar-refractivity contribution is 7.22. The van der Waals surface area contributed by atoms with E-state index in [1.54, 1.807) is 54.4 Å². The van der Waals surface area contributed by atoms with Crippen molar-refractivity contribution >= 4 is 44.5 Å². The number of hydrogen-bond donors (Lipinski definition) is 3. The molecule has 0 bridgehead atoms. The number of amidine groups is 1. The summed E-state index contributed by atoms with van der Waals surface area (Å²) in [7, 11) is 1.78. The normalized spacial score (nSPS) is 10.6. The van der Waals surface area contributed by atoms with Gasteiger partial charge in [-0.05, 0) is 42.5 Å². The Morgan fingerprint density at radius 3 is 2.54 bits per heavy atom. The molecule has 2 aromatic carbocycles. The molecule has 3 rings (SSSR count). The molecular formula is C19H18N4O4S. The number of carboxylic acid groups (broad SMARTS) is 1. The summed E-state index contributed by atoms with van der Waals surface area (Å²) in [6, 6.07) is 11.4. The van der Waals surface area contributed by atoms with Crippen LogP contribution in [0.1, 0.15) is 22.3 Å². The second-order valence-corrected chi connectivity index (χ2v) is 7.08. The van der Waals surface area contributed by atoms with Crippen LogP contribution >= 0.6 is 11.3 Å². The first-order valence-corrected chi connectivity index (χ1v) is 9.15. The average molecular weight is 398 g/mol. The van der Waals surface area contributed by atoms with E-state index in [9.17, 15) is 9.59 Å². The molecule has 8 nitrogen and oxygen atoms in total. The first-order chi connectivity index (χ1) is 13.3. The van der Waals surface area contributed by atoms with Crippen LogP contribution in [-0.2, 0) is 4.79 Å². The molecule has 4 N–H and O–H groups in total. The van der Waals surface area contributed by atoms with Crippen molar-refractivity contribution < 1.29 is 19.4 Å². The molecular weight excluding hydrogens is 380 g/mol. The SMILES string of the molecule is CN(CCC(=O)O)c1nc2ccc(C(=O)Oc3ccc(C(=N)N)cc3)cc2s1. The maximum atomic E-state index is 12.4. The Bertz CT molecular complexity index is 1050. The van der Waals surface area contributed by atoms with E-state index in [1.165, 1.54) is 11.3 Å². The highest BCUT2D eigenvalue weighted by Gasteiger charge is 2.14. The van der Waals surface area contributed by atoms with Crippen LogP contribution in [0, 0.1) is 5.41 Å². The van der Waals surface area contributed by atoms with Crippen LogP contribution in [0.2, 0.25) is 0 Å². The zero-order chi connectivity index (χ0) is 20.3. The minimum atomic E-state index is -0.866. The molecule has 9 heteroatoms. The van der Waals surface area contributed by atoms with Gasteiger partial charge in [-0.15, -0.1) is 0 Å². The lowest BCUT2D eigenvalue weighted by atomic mass is 10.2.